The predicted octanol–water partition coefficient (Wildman–Crippen LogP) is 11.9. The van der Waals surface area contributed by atoms with E-state index in [1.165, 1.54) is 38.3 Å². The van der Waals surface area contributed by atoms with Crippen LogP contribution in [0.4, 0.5) is 0 Å². The largest absolute Gasteiger partial charge is 0.308 e. The van der Waals surface area contributed by atoms with Crippen LogP contribution in [0.1, 0.15) is 0 Å². The summed E-state index contributed by atoms with van der Waals surface area (Å²) in [7, 11) is 0. The maximum absolute atomic E-state index is 5.08. The molecule has 0 saturated carbocycles. The molecule has 2 aromatic heterocycles. The van der Waals surface area contributed by atoms with Crippen molar-refractivity contribution in [3.05, 3.63) is 182 Å². The van der Waals surface area contributed by atoms with Crippen LogP contribution >= 0.6 is 0 Å². The number of aromatic nitrogens is 4. The highest BCUT2D eigenvalue weighted by atomic mass is 15.0. The van der Waals surface area contributed by atoms with Crippen molar-refractivity contribution < 1.29 is 0 Å². The Hall–Kier alpha value is -6.91. The lowest BCUT2D eigenvalue weighted by Crippen LogP contribution is -2.00. The number of fused-ring (bicyclic) bond motifs is 5. The van der Waals surface area contributed by atoms with Crippen molar-refractivity contribution in [2.24, 2.45) is 0 Å². The van der Waals surface area contributed by atoms with Crippen LogP contribution in [0, 0.1) is 0 Å². The molecule has 10 aromatic rings. The molecule has 0 spiro atoms. The van der Waals surface area contributed by atoms with Crippen LogP contribution in [0.3, 0.4) is 0 Å². The topological polar surface area (TPSA) is 43.6 Å². The molecule has 0 unspecified atom stereocenters. The van der Waals surface area contributed by atoms with Crippen molar-refractivity contribution in [2.75, 3.05) is 0 Å². The molecule has 4 heteroatoms. The molecule has 238 valence electrons. The first-order valence-corrected chi connectivity index (χ1v) is 17.2. The lowest BCUT2D eigenvalue weighted by Gasteiger charge is -2.15. The van der Waals surface area contributed by atoms with E-state index >= 15 is 0 Å². The summed E-state index contributed by atoms with van der Waals surface area (Å²) in [5.74, 6) is 1.94. The van der Waals surface area contributed by atoms with Crippen LogP contribution < -0.4 is 0 Å². The van der Waals surface area contributed by atoms with Gasteiger partial charge in [0, 0.05) is 38.4 Å². The molecule has 0 atom stereocenters. The van der Waals surface area contributed by atoms with Crippen molar-refractivity contribution in [1.29, 1.82) is 0 Å². The van der Waals surface area contributed by atoms with E-state index in [4.69, 9.17) is 15.0 Å². The fourth-order valence-electron chi connectivity index (χ4n) is 7.40. The lowest BCUT2D eigenvalue weighted by molar-refractivity contribution is 1.07. The Bertz CT molecular complexity index is 2910. The highest BCUT2D eigenvalue weighted by molar-refractivity contribution is 6.14. The molecule has 0 fully saturated rings. The van der Waals surface area contributed by atoms with Gasteiger partial charge in [-0.05, 0) is 46.0 Å². The molecule has 0 aliphatic carbocycles. The molecule has 0 bridgehead atoms. The first-order chi connectivity index (χ1) is 25.3. The zero-order valence-corrected chi connectivity index (χ0v) is 27.6. The molecular weight excluding hydrogens is 621 g/mol. The summed E-state index contributed by atoms with van der Waals surface area (Å²) in [6.07, 6.45) is 0. The van der Waals surface area contributed by atoms with Gasteiger partial charge in [0.05, 0.1) is 16.7 Å². The van der Waals surface area contributed by atoms with Crippen molar-refractivity contribution in [1.82, 2.24) is 19.5 Å². The van der Waals surface area contributed by atoms with E-state index in [1.54, 1.807) is 0 Å². The average molecular weight is 651 g/mol. The summed E-state index contributed by atoms with van der Waals surface area (Å²) in [5.41, 5.74) is 8.76. The fourth-order valence-corrected chi connectivity index (χ4v) is 7.40. The minimum absolute atomic E-state index is 0.641. The number of para-hydroxylation sites is 2. The van der Waals surface area contributed by atoms with Gasteiger partial charge in [-0.2, -0.15) is 0 Å². The fraction of sp³-hybridized carbons (Fsp3) is 0. The van der Waals surface area contributed by atoms with Gasteiger partial charge in [0.1, 0.15) is 0 Å². The Labute approximate surface area is 295 Å². The van der Waals surface area contributed by atoms with Crippen molar-refractivity contribution >= 4 is 43.4 Å². The van der Waals surface area contributed by atoms with E-state index in [2.05, 4.69) is 156 Å². The molecule has 8 aromatic carbocycles. The van der Waals surface area contributed by atoms with E-state index in [-0.39, 0.29) is 0 Å². The third-order valence-corrected chi connectivity index (χ3v) is 9.81. The zero-order valence-electron chi connectivity index (χ0n) is 27.6. The molecule has 0 aliphatic rings. The average Bonchev–Trinajstić information content (AvgIpc) is 3.55. The van der Waals surface area contributed by atoms with Crippen LogP contribution in [-0.2, 0) is 0 Å². The highest BCUT2D eigenvalue weighted by Gasteiger charge is 2.19. The molecule has 0 saturated heterocycles. The summed E-state index contributed by atoms with van der Waals surface area (Å²) in [4.78, 5) is 15.1. The quantitative estimate of drug-likeness (QED) is 0.186. The smallest absolute Gasteiger partial charge is 0.164 e. The number of hydrogen-bond donors (Lipinski definition) is 0. The zero-order chi connectivity index (χ0) is 33.7. The molecule has 0 aliphatic heterocycles. The Balaban J connectivity index is 1.17. The van der Waals surface area contributed by atoms with Gasteiger partial charge >= 0.3 is 0 Å². The number of rotatable bonds is 5. The maximum Gasteiger partial charge on any atom is 0.164 e. The summed E-state index contributed by atoms with van der Waals surface area (Å²) in [5, 5.41) is 7.07. The highest BCUT2D eigenvalue weighted by Crippen LogP contribution is 2.40. The molecule has 4 nitrogen and oxygen atoms in total. The van der Waals surface area contributed by atoms with Gasteiger partial charge in [-0.1, -0.05) is 158 Å². The van der Waals surface area contributed by atoms with Gasteiger partial charge < -0.3 is 4.57 Å². The number of nitrogens with zero attached hydrogens (tertiary/aromatic N) is 4. The van der Waals surface area contributed by atoms with E-state index in [0.717, 1.165) is 38.5 Å². The SMILES string of the molecule is c1ccc(-c2nc(-c3ccc4ccccc4c3)nc(-c3ccc4c(-n5c6ccccc6c6cccc(-c7ccccc7)c65)cccc4c3)n2)cc1. The molecule has 0 amide bonds. The predicted molar refractivity (Wildman–Crippen MR) is 211 cm³/mol. The Kier molecular flexibility index (Phi) is 6.78. The molecule has 51 heavy (non-hydrogen) atoms. The second kappa shape index (κ2) is 11.9. The Morgan fingerprint density at radius 2 is 0.902 bits per heavy atom. The summed E-state index contributed by atoms with van der Waals surface area (Å²) >= 11 is 0. The van der Waals surface area contributed by atoms with Crippen molar-refractivity contribution in [2.45, 2.75) is 0 Å². The standard InChI is InChI=1S/C47H30N4/c1-3-14-32(15-4-1)39-21-12-22-41-40-20-9-10-23-43(40)51(44(39)41)42-24-11-19-35-30-37(27-28-38(35)42)47-49-45(33-16-5-2-6-17-33)48-46(50-47)36-26-25-31-13-7-8-18-34(31)29-36/h1-30H. The van der Waals surface area contributed by atoms with Crippen LogP contribution in [-0.4, -0.2) is 19.5 Å². The minimum atomic E-state index is 0.641. The summed E-state index contributed by atoms with van der Waals surface area (Å²) in [6, 6.07) is 64.0. The Morgan fingerprint density at radius 3 is 1.69 bits per heavy atom. The van der Waals surface area contributed by atoms with E-state index < -0.39 is 0 Å². The molecular formula is C47H30N4. The number of hydrogen-bond acceptors (Lipinski definition) is 3. The van der Waals surface area contributed by atoms with Crippen LogP contribution in [0.2, 0.25) is 0 Å². The molecule has 0 N–H and O–H groups in total. The molecule has 0 radical (unpaired) electrons. The molecule has 10 rings (SSSR count). The monoisotopic (exact) mass is 650 g/mol. The lowest BCUT2D eigenvalue weighted by atomic mass is 10.0. The van der Waals surface area contributed by atoms with E-state index in [1.807, 2.05) is 30.3 Å². The van der Waals surface area contributed by atoms with Gasteiger partial charge in [-0.15, -0.1) is 0 Å². The minimum Gasteiger partial charge on any atom is -0.308 e. The maximum atomic E-state index is 5.08. The van der Waals surface area contributed by atoms with E-state index in [0.29, 0.717) is 17.5 Å². The van der Waals surface area contributed by atoms with Gasteiger partial charge in [-0.3, -0.25) is 0 Å². The van der Waals surface area contributed by atoms with Crippen LogP contribution in [0.15, 0.2) is 182 Å². The van der Waals surface area contributed by atoms with Gasteiger partial charge in [0.25, 0.3) is 0 Å². The summed E-state index contributed by atoms with van der Waals surface area (Å²) < 4.78 is 2.43. The van der Waals surface area contributed by atoms with E-state index in [9.17, 15) is 0 Å². The van der Waals surface area contributed by atoms with Crippen LogP contribution in [0.5, 0.6) is 0 Å². The van der Waals surface area contributed by atoms with Crippen LogP contribution in [0.25, 0.3) is 94.3 Å². The van der Waals surface area contributed by atoms with Gasteiger partial charge in [-0.25, -0.2) is 15.0 Å². The third kappa shape index (κ3) is 4.96. The second-order valence-electron chi connectivity index (χ2n) is 12.9. The first-order valence-electron chi connectivity index (χ1n) is 17.2. The third-order valence-electron chi connectivity index (χ3n) is 9.81. The summed E-state index contributed by atoms with van der Waals surface area (Å²) in [6.45, 7) is 0. The molecule has 2 heterocycles. The first kappa shape index (κ1) is 29.0. The van der Waals surface area contributed by atoms with Crippen molar-refractivity contribution in [3.63, 3.8) is 0 Å². The normalized spacial score (nSPS) is 11.5. The number of benzene rings is 8. The van der Waals surface area contributed by atoms with Gasteiger partial charge in [0.2, 0.25) is 0 Å². The Morgan fingerprint density at radius 1 is 0.333 bits per heavy atom. The second-order valence-corrected chi connectivity index (χ2v) is 12.9. The van der Waals surface area contributed by atoms with Crippen molar-refractivity contribution in [3.8, 4) is 51.0 Å². The van der Waals surface area contributed by atoms with Gasteiger partial charge in [0.15, 0.2) is 17.5 Å².